The Morgan fingerprint density at radius 2 is 1.24 bits per heavy atom. The highest BCUT2D eigenvalue weighted by Crippen LogP contribution is 2.57. The smallest absolute Gasteiger partial charge is 0.220 e. The van der Waals surface area contributed by atoms with Gasteiger partial charge in [-0.2, -0.15) is 0 Å². The van der Waals surface area contributed by atoms with E-state index in [-0.39, 0.29) is 0 Å². The normalized spacial score (nSPS) is 22.3. The lowest BCUT2D eigenvalue weighted by molar-refractivity contribution is 0.275. The summed E-state index contributed by atoms with van der Waals surface area (Å²) in [6.45, 7) is 4.06. The third-order valence-corrected chi connectivity index (χ3v) is 8.13. The minimum Gasteiger partial charge on any atom is -0.288 e. The van der Waals surface area contributed by atoms with Crippen molar-refractivity contribution < 1.29 is 4.57 Å². The summed E-state index contributed by atoms with van der Waals surface area (Å²) in [5.41, 5.74) is 1.22. The van der Waals surface area contributed by atoms with Gasteiger partial charge in [0.25, 0.3) is 0 Å². The molecule has 0 saturated carbocycles. The fourth-order valence-corrected chi connectivity index (χ4v) is 6.84. The molecule has 2 fully saturated rings. The summed E-state index contributed by atoms with van der Waals surface area (Å²) in [7, 11) is -2.43. The van der Waals surface area contributed by atoms with E-state index in [1.54, 1.807) is 0 Å². The van der Waals surface area contributed by atoms with E-state index >= 15 is 0 Å². The maximum atomic E-state index is 13.9. The first kappa shape index (κ1) is 15.3. The van der Waals surface area contributed by atoms with E-state index in [4.69, 9.17) is 0 Å². The Labute approximate surface area is 128 Å². The molecule has 1 aromatic carbocycles. The quantitative estimate of drug-likeness (QED) is 0.773. The van der Waals surface area contributed by atoms with Crippen molar-refractivity contribution in [1.29, 1.82) is 0 Å². The molecule has 0 aromatic heterocycles. The van der Waals surface area contributed by atoms with Gasteiger partial charge in [-0.1, -0.05) is 43.2 Å². The van der Waals surface area contributed by atoms with Crippen LogP contribution in [-0.4, -0.2) is 35.5 Å². The molecule has 2 aliphatic heterocycles. The van der Waals surface area contributed by atoms with Crippen LogP contribution in [0.25, 0.3) is 0 Å². The molecule has 0 bridgehead atoms. The topological polar surface area (TPSA) is 23.6 Å². The number of nitrogens with zero attached hydrogens (tertiary/aromatic N) is 2. The number of piperidine rings is 2. The summed E-state index contributed by atoms with van der Waals surface area (Å²) in [5, 5.41) is 0. The maximum absolute atomic E-state index is 13.9. The van der Waals surface area contributed by atoms with E-state index in [1.807, 2.05) is 6.07 Å². The first-order valence-electron chi connectivity index (χ1n) is 8.43. The third-order valence-electron chi connectivity index (χ3n) is 4.78. The van der Waals surface area contributed by atoms with E-state index < -0.39 is 7.44 Å². The maximum Gasteiger partial charge on any atom is 0.220 e. The van der Waals surface area contributed by atoms with Gasteiger partial charge in [0.2, 0.25) is 7.44 Å². The second-order valence-electron chi connectivity index (χ2n) is 6.34. The van der Waals surface area contributed by atoms with E-state index in [2.05, 4.69) is 33.6 Å². The summed E-state index contributed by atoms with van der Waals surface area (Å²) in [5.74, 6) is 0. The van der Waals surface area contributed by atoms with Crippen molar-refractivity contribution >= 4 is 7.44 Å². The predicted molar refractivity (Wildman–Crippen MR) is 88.6 cm³/mol. The Bertz CT molecular complexity index is 457. The molecule has 1 aromatic rings. The van der Waals surface area contributed by atoms with Crippen LogP contribution in [0.1, 0.15) is 44.1 Å². The Hall–Kier alpha value is -0.630. The zero-order valence-corrected chi connectivity index (χ0v) is 13.8. The van der Waals surface area contributed by atoms with Crippen molar-refractivity contribution in [3.8, 4) is 0 Å². The second-order valence-corrected chi connectivity index (χ2v) is 9.11. The summed E-state index contributed by atoms with van der Waals surface area (Å²) >= 11 is 0. The van der Waals surface area contributed by atoms with Crippen molar-refractivity contribution in [3.63, 3.8) is 0 Å². The molecule has 21 heavy (non-hydrogen) atoms. The molecule has 116 valence electrons. The molecule has 4 heteroatoms. The molecule has 0 aliphatic carbocycles. The zero-order chi connectivity index (χ0) is 14.5. The Morgan fingerprint density at radius 3 is 1.71 bits per heavy atom. The standard InChI is InChI=1S/C17H27N2OP/c20-21(18-12-6-2-7-13-18,19-14-8-3-9-15-19)16-17-10-4-1-5-11-17/h1,4-5,10-11H,2-3,6-9,12-16H2. The monoisotopic (exact) mass is 306 g/mol. The number of rotatable bonds is 4. The molecular formula is C17H27N2OP. The highest BCUT2D eigenvalue weighted by Gasteiger charge is 2.38. The van der Waals surface area contributed by atoms with Crippen molar-refractivity contribution in [1.82, 2.24) is 9.34 Å². The SMILES string of the molecule is O=P(Cc1ccccc1)(N1CCCCC1)N1CCCCC1. The van der Waals surface area contributed by atoms with Gasteiger partial charge in [-0.25, -0.2) is 9.34 Å². The zero-order valence-electron chi connectivity index (χ0n) is 12.9. The van der Waals surface area contributed by atoms with Gasteiger partial charge >= 0.3 is 0 Å². The van der Waals surface area contributed by atoms with E-state index in [1.165, 1.54) is 44.1 Å². The molecule has 0 N–H and O–H groups in total. The molecule has 3 nitrogen and oxygen atoms in total. The lowest BCUT2D eigenvalue weighted by atomic mass is 10.2. The highest BCUT2D eigenvalue weighted by molar-refractivity contribution is 7.58. The molecule has 0 radical (unpaired) electrons. The fourth-order valence-electron chi connectivity index (χ4n) is 3.58. The minimum atomic E-state index is -2.43. The first-order valence-corrected chi connectivity index (χ1v) is 10.2. The van der Waals surface area contributed by atoms with Gasteiger partial charge < -0.3 is 0 Å². The van der Waals surface area contributed by atoms with Crippen molar-refractivity contribution in [2.24, 2.45) is 0 Å². The van der Waals surface area contributed by atoms with Crippen LogP contribution in [0, 0.1) is 0 Å². The van der Waals surface area contributed by atoms with Gasteiger partial charge in [0.15, 0.2) is 0 Å². The minimum absolute atomic E-state index is 0.716. The summed E-state index contributed by atoms with van der Waals surface area (Å²) in [6.07, 6.45) is 8.11. The van der Waals surface area contributed by atoms with Crippen LogP contribution in [0.4, 0.5) is 0 Å². The average Bonchev–Trinajstić information content (AvgIpc) is 2.57. The summed E-state index contributed by atoms with van der Waals surface area (Å²) < 4.78 is 18.6. The largest absolute Gasteiger partial charge is 0.288 e. The van der Waals surface area contributed by atoms with Crippen LogP contribution in [0.15, 0.2) is 30.3 Å². The molecule has 0 amide bonds. The van der Waals surface area contributed by atoms with Gasteiger partial charge in [-0.3, -0.25) is 4.57 Å². The third kappa shape index (κ3) is 3.59. The second kappa shape index (κ2) is 7.09. The molecule has 0 spiro atoms. The van der Waals surface area contributed by atoms with E-state index in [9.17, 15) is 4.57 Å². The van der Waals surface area contributed by atoms with E-state index in [0.29, 0.717) is 6.16 Å². The van der Waals surface area contributed by atoms with Crippen LogP contribution in [-0.2, 0) is 10.7 Å². The molecule has 3 rings (SSSR count). The lowest BCUT2D eigenvalue weighted by Gasteiger charge is -2.42. The van der Waals surface area contributed by atoms with Gasteiger partial charge in [-0.05, 0) is 31.2 Å². The lowest BCUT2D eigenvalue weighted by Crippen LogP contribution is -2.38. The first-order chi connectivity index (χ1) is 10.3. The van der Waals surface area contributed by atoms with Gasteiger partial charge in [0.1, 0.15) is 0 Å². The van der Waals surface area contributed by atoms with Crippen molar-refractivity contribution in [3.05, 3.63) is 35.9 Å². The Kier molecular flexibility index (Phi) is 5.15. The number of hydrogen-bond acceptors (Lipinski definition) is 1. The summed E-state index contributed by atoms with van der Waals surface area (Å²) in [6, 6.07) is 10.4. The van der Waals surface area contributed by atoms with E-state index in [0.717, 1.165) is 26.2 Å². The van der Waals surface area contributed by atoms with Crippen LogP contribution in [0.5, 0.6) is 0 Å². The predicted octanol–water partition coefficient (Wildman–Crippen LogP) is 4.35. The molecule has 2 aliphatic rings. The highest BCUT2D eigenvalue weighted by atomic mass is 31.2. The fraction of sp³-hybridized carbons (Fsp3) is 0.647. The average molecular weight is 306 g/mol. The van der Waals surface area contributed by atoms with Crippen LogP contribution in [0.2, 0.25) is 0 Å². The molecular weight excluding hydrogens is 279 g/mol. The molecule has 2 saturated heterocycles. The Balaban J connectivity index is 1.83. The van der Waals surface area contributed by atoms with Crippen LogP contribution >= 0.6 is 7.44 Å². The van der Waals surface area contributed by atoms with Crippen molar-refractivity contribution in [2.75, 3.05) is 26.2 Å². The van der Waals surface area contributed by atoms with Crippen molar-refractivity contribution in [2.45, 2.75) is 44.7 Å². The summed E-state index contributed by atoms with van der Waals surface area (Å²) in [4.78, 5) is 0. The van der Waals surface area contributed by atoms with Gasteiger partial charge in [0, 0.05) is 26.2 Å². The number of benzene rings is 1. The van der Waals surface area contributed by atoms with Crippen LogP contribution < -0.4 is 0 Å². The molecule has 0 unspecified atom stereocenters. The Morgan fingerprint density at radius 1 is 0.762 bits per heavy atom. The molecule has 2 heterocycles. The van der Waals surface area contributed by atoms with Crippen LogP contribution in [0.3, 0.4) is 0 Å². The number of hydrogen-bond donors (Lipinski definition) is 0. The molecule has 0 atom stereocenters. The van der Waals surface area contributed by atoms with Gasteiger partial charge in [0.05, 0.1) is 6.16 Å². The van der Waals surface area contributed by atoms with Gasteiger partial charge in [-0.15, -0.1) is 0 Å².